The van der Waals surface area contributed by atoms with E-state index in [1.807, 2.05) is 12.3 Å². The molecule has 0 unspecified atom stereocenters. The minimum absolute atomic E-state index is 0.839. The van der Waals surface area contributed by atoms with E-state index in [1.54, 1.807) is 13.3 Å². The molecule has 1 aromatic heterocycles. The molecule has 0 aliphatic rings. The first-order chi connectivity index (χ1) is 9.24. The van der Waals surface area contributed by atoms with Crippen molar-refractivity contribution in [3.05, 3.63) is 18.3 Å². The third kappa shape index (κ3) is 13.6. The topological polar surface area (TPSA) is 15.8 Å². The molecule has 1 N–H and O–H groups in total. The van der Waals surface area contributed by atoms with Crippen molar-refractivity contribution in [1.82, 2.24) is 4.98 Å². The first-order valence-corrected chi connectivity index (χ1v) is 15.4. The predicted octanol–water partition coefficient (Wildman–Crippen LogP) is 4.69. The molecule has 1 heterocycles. The Labute approximate surface area is 141 Å². The van der Waals surface area contributed by atoms with Crippen molar-refractivity contribution in [3.8, 4) is 0 Å². The van der Waals surface area contributed by atoms with Gasteiger partial charge in [-0.3, -0.25) is 0 Å². The Balaban J connectivity index is 0.000000443. The van der Waals surface area contributed by atoms with Crippen molar-refractivity contribution in [3.63, 3.8) is 0 Å². The molecular formula is C16H31NSn2. The molecule has 3 heteroatoms. The van der Waals surface area contributed by atoms with Crippen molar-refractivity contribution in [2.24, 2.45) is 0 Å². The third-order valence-electron chi connectivity index (χ3n) is 3.25. The van der Waals surface area contributed by atoms with Crippen LogP contribution in [0.15, 0.2) is 18.3 Å². The van der Waals surface area contributed by atoms with E-state index < -0.39 is 19.8 Å². The van der Waals surface area contributed by atoms with Gasteiger partial charge in [-0.15, -0.1) is 0 Å². The Hall–Kier alpha value is 0.877. The second kappa shape index (κ2) is 15.3. The SMILES string of the molecule is CCC[CH2][Sn]([CH2]CCC)[CH2]CCC.[Sn][c]1ccc[nH]1. The van der Waals surface area contributed by atoms with Gasteiger partial charge in [-0.1, -0.05) is 0 Å². The van der Waals surface area contributed by atoms with E-state index in [-0.39, 0.29) is 0 Å². The van der Waals surface area contributed by atoms with Gasteiger partial charge < -0.3 is 0 Å². The summed E-state index contributed by atoms with van der Waals surface area (Å²) < 4.78 is 6.35. The molecule has 0 amide bonds. The molecule has 0 spiro atoms. The van der Waals surface area contributed by atoms with Crippen LogP contribution >= 0.6 is 0 Å². The first-order valence-electron chi connectivity index (χ1n) is 7.93. The molecule has 0 aromatic carbocycles. The van der Waals surface area contributed by atoms with Crippen molar-refractivity contribution >= 4 is 46.0 Å². The number of H-pyrrole nitrogens is 1. The van der Waals surface area contributed by atoms with E-state index >= 15 is 0 Å². The maximum absolute atomic E-state index is 3.04. The van der Waals surface area contributed by atoms with E-state index in [0.29, 0.717) is 0 Å². The maximum atomic E-state index is 3.04. The van der Waals surface area contributed by atoms with Crippen LogP contribution < -0.4 is 3.71 Å². The summed E-state index contributed by atoms with van der Waals surface area (Å²) in [4.78, 5) is 3.04. The standard InChI is InChI=1S/C4H4N.3C4H9.2Sn/c1-2-4-5-3-1;3*1-3-4-2;;/h1-3,5H;3*1,3-4H2,2H3;;. The van der Waals surface area contributed by atoms with Gasteiger partial charge in [0, 0.05) is 0 Å². The fraction of sp³-hybridized carbons (Fsp3) is 0.750. The number of hydrogen-bond donors (Lipinski definition) is 1. The van der Waals surface area contributed by atoms with Gasteiger partial charge in [0.15, 0.2) is 0 Å². The van der Waals surface area contributed by atoms with Gasteiger partial charge >= 0.3 is 142 Å². The van der Waals surface area contributed by atoms with Crippen LogP contribution in [0, 0.1) is 0 Å². The summed E-state index contributed by atoms with van der Waals surface area (Å²) in [5, 5.41) is 0. The van der Waals surface area contributed by atoms with Crippen LogP contribution in [0.25, 0.3) is 0 Å². The van der Waals surface area contributed by atoms with Crippen LogP contribution in [-0.4, -0.2) is 47.3 Å². The monoisotopic (exact) mass is 477 g/mol. The van der Waals surface area contributed by atoms with Crippen molar-refractivity contribution in [2.45, 2.75) is 72.6 Å². The first kappa shape index (κ1) is 19.9. The third-order valence-corrected chi connectivity index (χ3v) is 13.2. The molecule has 1 rings (SSSR count). The summed E-state index contributed by atoms with van der Waals surface area (Å²) in [6, 6.07) is 4.07. The van der Waals surface area contributed by atoms with Gasteiger partial charge in [-0.25, -0.2) is 0 Å². The van der Waals surface area contributed by atoms with Crippen molar-refractivity contribution < 1.29 is 0 Å². The Kier molecular flexibility index (Phi) is 16.0. The molecule has 0 aliphatic heterocycles. The zero-order valence-corrected chi connectivity index (χ0v) is 18.8. The van der Waals surface area contributed by atoms with E-state index in [4.69, 9.17) is 0 Å². The Morgan fingerprint density at radius 1 is 0.947 bits per heavy atom. The molecule has 0 saturated heterocycles. The molecule has 19 heavy (non-hydrogen) atoms. The van der Waals surface area contributed by atoms with Gasteiger partial charge in [0.05, 0.1) is 0 Å². The number of aromatic nitrogens is 1. The van der Waals surface area contributed by atoms with Crippen molar-refractivity contribution in [1.29, 1.82) is 0 Å². The predicted molar refractivity (Wildman–Crippen MR) is 91.1 cm³/mol. The molecule has 0 fully saturated rings. The number of nitrogens with one attached hydrogen (secondary N) is 1. The molecule has 0 aliphatic carbocycles. The number of aromatic amines is 1. The molecule has 1 nitrogen and oxygen atoms in total. The molecule has 0 bridgehead atoms. The normalized spacial score (nSPS) is 10.4. The fourth-order valence-corrected chi connectivity index (χ4v) is 11.9. The summed E-state index contributed by atoms with van der Waals surface area (Å²) in [5.41, 5.74) is 0. The summed E-state index contributed by atoms with van der Waals surface area (Å²) in [6.07, 6.45) is 10.8. The van der Waals surface area contributed by atoms with E-state index in [0.717, 1.165) is 0 Å². The van der Waals surface area contributed by atoms with E-state index in [2.05, 4.69) is 31.8 Å². The van der Waals surface area contributed by atoms with Crippen LogP contribution in [0.1, 0.15) is 59.3 Å². The summed E-state index contributed by atoms with van der Waals surface area (Å²) >= 11 is 0.614. The number of rotatable bonds is 9. The zero-order chi connectivity index (χ0) is 14.3. The average molecular weight is 475 g/mol. The van der Waals surface area contributed by atoms with E-state index in [1.165, 1.54) is 64.8 Å². The molecular weight excluding hydrogens is 444 g/mol. The Morgan fingerprint density at radius 2 is 1.42 bits per heavy atom. The van der Waals surface area contributed by atoms with Crippen molar-refractivity contribution in [2.75, 3.05) is 0 Å². The number of hydrogen-bond acceptors (Lipinski definition) is 0. The second-order valence-electron chi connectivity index (χ2n) is 5.14. The molecule has 108 valence electrons. The second-order valence-corrected chi connectivity index (χ2v) is 15.2. The quantitative estimate of drug-likeness (QED) is 0.500. The summed E-state index contributed by atoms with van der Waals surface area (Å²) in [5.74, 6) is 0. The van der Waals surface area contributed by atoms with Gasteiger partial charge in [0.2, 0.25) is 0 Å². The Morgan fingerprint density at radius 3 is 1.63 bits per heavy atom. The average Bonchev–Trinajstić information content (AvgIpc) is 2.90. The van der Waals surface area contributed by atoms with Crippen LogP contribution in [0.3, 0.4) is 0 Å². The van der Waals surface area contributed by atoms with Crippen LogP contribution in [0.4, 0.5) is 0 Å². The Bertz CT molecular complexity index is 241. The van der Waals surface area contributed by atoms with Crippen LogP contribution in [-0.2, 0) is 0 Å². The van der Waals surface area contributed by atoms with Gasteiger partial charge in [-0.2, -0.15) is 0 Å². The summed E-state index contributed by atoms with van der Waals surface area (Å²) in [7, 11) is 0. The minimum atomic E-state index is -0.839. The van der Waals surface area contributed by atoms with Crippen LogP contribution in [0.2, 0.25) is 13.3 Å². The fourth-order valence-electron chi connectivity index (χ4n) is 1.99. The molecule has 0 atom stereocenters. The van der Waals surface area contributed by atoms with Crippen LogP contribution in [0.5, 0.6) is 0 Å². The van der Waals surface area contributed by atoms with Gasteiger partial charge in [0.25, 0.3) is 0 Å². The van der Waals surface area contributed by atoms with Gasteiger partial charge in [-0.05, 0) is 0 Å². The molecule has 4 radical (unpaired) electrons. The van der Waals surface area contributed by atoms with E-state index in [9.17, 15) is 0 Å². The van der Waals surface area contributed by atoms with Gasteiger partial charge in [0.1, 0.15) is 0 Å². The molecule has 0 saturated carbocycles. The number of unbranched alkanes of at least 4 members (excludes halogenated alkanes) is 3. The zero-order valence-electron chi connectivity index (χ0n) is 13.1. The molecule has 1 aromatic rings. The summed E-state index contributed by atoms with van der Waals surface area (Å²) in [6.45, 7) is 7.00.